The first-order chi connectivity index (χ1) is 9.75. The van der Waals surface area contributed by atoms with Crippen LogP contribution in [0.25, 0.3) is 0 Å². The van der Waals surface area contributed by atoms with Crippen LogP contribution in [0.4, 0.5) is 61.5 Å². The molecule has 0 bridgehead atoms. The van der Waals surface area contributed by atoms with Crippen molar-refractivity contribution in [3.63, 3.8) is 0 Å². The molecular formula is C8H3F14I. The lowest BCUT2D eigenvalue weighted by atomic mass is 9.92. The van der Waals surface area contributed by atoms with Crippen molar-refractivity contribution in [1.82, 2.24) is 0 Å². The van der Waals surface area contributed by atoms with E-state index in [0.29, 0.717) is 22.6 Å². The highest BCUT2D eigenvalue weighted by Gasteiger charge is 2.90. The third kappa shape index (κ3) is 2.94. The van der Waals surface area contributed by atoms with Gasteiger partial charge in [-0.05, 0) is 0 Å². The zero-order chi connectivity index (χ0) is 19.3. The van der Waals surface area contributed by atoms with E-state index >= 15 is 0 Å². The molecule has 0 amide bonds. The Hall–Kier alpha value is -0.250. The molecule has 0 atom stereocenters. The van der Waals surface area contributed by atoms with Gasteiger partial charge >= 0.3 is 42.0 Å². The van der Waals surface area contributed by atoms with Gasteiger partial charge in [-0.3, -0.25) is 0 Å². The monoisotopic (exact) mass is 492 g/mol. The van der Waals surface area contributed by atoms with Gasteiger partial charge < -0.3 is 0 Å². The van der Waals surface area contributed by atoms with Crippen LogP contribution in [-0.2, 0) is 0 Å². The second-order valence-corrected chi connectivity index (χ2v) is 4.82. The summed E-state index contributed by atoms with van der Waals surface area (Å²) >= 11 is 0.307. The van der Waals surface area contributed by atoms with Crippen molar-refractivity contribution in [2.45, 2.75) is 42.0 Å². The summed E-state index contributed by atoms with van der Waals surface area (Å²) in [5.74, 6) is -43.9. The zero-order valence-corrected chi connectivity index (χ0v) is 12.1. The molecule has 0 aliphatic carbocycles. The second-order valence-electron chi connectivity index (χ2n) is 4.06. The molecule has 0 aromatic carbocycles. The van der Waals surface area contributed by atoms with E-state index in [1.165, 1.54) is 0 Å². The Morgan fingerprint density at radius 2 is 0.870 bits per heavy atom. The predicted molar refractivity (Wildman–Crippen MR) is 54.6 cm³/mol. The topological polar surface area (TPSA) is 0 Å². The first-order valence-corrected chi connectivity index (χ1v) is 6.39. The van der Waals surface area contributed by atoms with E-state index in [0.717, 1.165) is 0 Å². The number of hydrogen-bond donors (Lipinski definition) is 0. The molecule has 0 saturated carbocycles. The number of hydrogen-bond acceptors (Lipinski definition) is 0. The fourth-order valence-corrected chi connectivity index (χ4v) is 1.53. The summed E-state index contributed by atoms with van der Waals surface area (Å²) in [4.78, 5) is 0. The fourth-order valence-electron chi connectivity index (χ4n) is 1.05. The molecule has 0 fully saturated rings. The molecule has 23 heavy (non-hydrogen) atoms. The molecule has 0 aliphatic rings. The van der Waals surface area contributed by atoms with Gasteiger partial charge in [-0.15, -0.1) is 0 Å². The van der Waals surface area contributed by atoms with Crippen LogP contribution in [0.2, 0.25) is 0 Å². The van der Waals surface area contributed by atoms with E-state index in [9.17, 15) is 61.5 Å². The predicted octanol–water partition coefficient (Wildman–Crippen LogP) is 5.50. The quantitative estimate of drug-likeness (QED) is 0.251. The van der Waals surface area contributed by atoms with Crippen LogP contribution in [-0.4, -0.2) is 46.4 Å². The van der Waals surface area contributed by atoms with Crippen LogP contribution in [0.5, 0.6) is 0 Å². The molecule has 0 N–H and O–H groups in total. The number of alkyl halides is 15. The largest absolute Gasteiger partial charge is 0.384 e. The molecule has 0 rings (SSSR count). The zero-order valence-electron chi connectivity index (χ0n) is 9.95. The van der Waals surface area contributed by atoms with Crippen LogP contribution in [0.1, 0.15) is 0 Å². The standard InChI is InChI=1S/C8H3F14I/c9-2(10)4(13,14)6(17,18)8(21,22)7(19,20)5(15,16)3(11,12)1-23/h2H,1H2. The average molecular weight is 492 g/mol. The lowest BCUT2D eigenvalue weighted by molar-refractivity contribution is -0.430. The number of halogens is 15. The summed E-state index contributed by atoms with van der Waals surface area (Å²) in [6.45, 7) is 0. The molecule has 0 aliphatic heterocycles. The van der Waals surface area contributed by atoms with Crippen LogP contribution < -0.4 is 0 Å². The van der Waals surface area contributed by atoms with Crippen molar-refractivity contribution < 1.29 is 61.5 Å². The van der Waals surface area contributed by atoms with E-state index in [-0.39, 0.29) is 0 Å². The maximum atomic E-state index is 12.9. The fraction of sp³-hybridized carbons (Fsp3) is 1.00. The van der Waals surface area contributed by atoms with Crippen LogP contribution in [0.3, 0.4) is 0 Å². The Balaban J connectivity index is 6.29. The number of rotatable bonds is 7. The molecule has 0 aromatic rings. The second kappa shape index (κ2) is 5.93. The molecule has 0 radical (unpaired) electrons. The highest BCUT2D eigenvalue weighted by molar-refractivity contribution is 14.1. The smallest absolute Gasteiger partial charge is 0.203 e. The van der Waals surface area contributed by atoms with Gasteiger partial charge in [0.2, 0.25) is 0 Å². The van der Waals surface area contributed by atoms with E-state index in [1.54, 1.807) is 0 Å². The third-order valence-corrected chi connectivity index (χ3v) is 3.46. The van der Waals surface area contributed by atoms with Gasteiger partial charge in [0, 0.05) is 0 Å². The van der Waals surface area contributed by atoms with Crippen molar-refractivity contribution in [1.29, 1.82) is 0 Å². The van der Waals surface area contributed by atoms with Crippen molar-refractivity contribution >= 4 is 22.6 Å². The Morgan fingerprint density at radius 3 is 1.13 bits per heavy atom. The molecule has 0 nitrogen and oxygen atoms in total. The minimum Gasteiger partial charge on any atom is -0.203 e. The maximum Gasteiger partial charge on any atom is 0.384 e. The summed E-state index contributed by atoms with van der Waals surface area (Å²) < 4.78 is 174. The first kappa shape index (κ1) is 22.8. The first-order valence-electron chi connectivity index (χ1n) is 4.86. The summed E-state index contributed by atoms with van der Waals surface area (Å²) in [6, 6.07) is 0. The maximum absolute atomic E-state index is 12.9. The van der Waals surface area contributed by atoms with Gasteiger partial charge in [-0.2, -0.15) is 52.7 Å². The van der Waals surface area contributed by atoms with Gasteiger partial charge in [0.25, 0.3) is 0 Å². The van der Waals surface area contributed by atoms with Gasteiger partial charge in [0.15, 0.2) is 0 Å². The summed E-state index contributed by atoms with van der Waals surface area (Å²) in [5, 5.41) is 0. The molecule has 140 valence electrons. The molecule has 15 heteroatoms. The summed E-state index contributed by atoms with van der Waals surface area (Å²) in [5.41, 5.74) is 0. The molecule has 0 spiro atoms. The van der Waals surface area contributed by atoms with Gasteiger partial charge in [-0.25, -0.2) is 8.78 Å². The van der Waals surface area contributed by atoms with Crippen LogP contribution >= 0.6 is 22.6 Å². The molecule has 0 aromatic heterocycles. The molecule has 0 heterocycles. The van der Waals surface area contributed by atoms with E-state index in [1.807, 2.05) is 0 Å². The van der Waals surface area contributed by atoms with E-state index < -0.39 is 46.4 Å². The van der Waals surface area contributed by atoms with Crippen LogP contribution in [0, 0.1) is 0 Å². The van der Waals surface area contributed by atoms with Crippen molar-refractivity contribution in [3.8, 4) is 0 Å². The minimum atomic E-state index is -7.93. The highest BCUT2D eigenvalue weighted by Crippen LogP contribution is 2.60. The van der Waals surface area contributed by atoms with Crippen molar-refractivity contribution in [2.24, 2.45) is 0 Å². The Kier molecular flexibility index (Phi) is 5.86. The lowest BCUT2D eigenvalue weighted by Gasteiger charge is -2.40. The van der Waals surface area contributed by atoms with Crippen molar-refractivity contribution in [3.05, 3.63) is 0 Å². The summed E-state index contributed by atoms with van der Waals surface area (Å²) in [7, 11) is 0. The van der Waals surface area contributed by atoms with E-state index in [2.05, 4.69) is 0 Å². The van der Waals surface area contributed by atoms with Crippen LogP contribution in [0.15, 0.2) is 0 Å². The summed E-state index contributed by atoms with van der Waals surface area (Å²) in [6.07, 6.45) is -5.67. The Morgan fingerprint density at radius 1 is 0.565 bits per heavy atom. The van der Waals surface area contributed by atoms with Gasteiger partial charge in [0.05, 0.1) is 4.43 Å². The average Bonchev–Trinajstić information content (AvgIpc) is 2.37. The van der Waals surface area contributed by atoms with E-state index in [4.69, 9.17) is 0 Å². The molecule has 0 saturated heterocycles. The van der Waals surface area contributed by atoms with Crippen molar-refractivity contribution in [2.75, 3.05) is 4.43 Å². The molecule has 0 unspecified atom stereocenters. The Bertz CT molecular complexity index is 426. The van der Waals surface area contributed by atoms with Gasteiger partial charge in [-0.1, -0.05) is 22.6 Å². The normalized spacial score (nSPS) is 16.2. The lowest BCUT2D eigenvalue weighted by Crippen LogP contribution is -2.71. The minimum absolute atomic E-state index is 0.307. The highest BCUT2D eigenvalue weighted by atomic mass is 127. The molecular weight excluding hydrogens is 489 g/mol. The Labute approximate surface area is 131 Å². The SMILES string of the molecule is FC(F)C(F)(F)C(F)(F)C(F)(F)C(F)(F)C(F)(F)C(F)(F)CI. The van der Waals surface area contributed by atoms with Gasteiger partial charge in [0.1, 0.15) is 0 Å². The third-order valence-electron chi connectivity index (χ3n) is 2.50.